The molecule has 0 aliphatic carbocycles. The highest BCUT2D eigenvalue weighted by atomic mass is 32.1. The van der Waals surface area contributed by atoms with Crippen LogP contribution in [0.15, 0.2) is 30.3 Å². The van der Waals surface area contributed by atoms with Crippen molar-refractivity contribution >= 4 is 27.2 Å². The van der Waals surface area contributed by atoms with Crippen LogP contribution < -0.4 is 5.73 Å². The molecule has 96 valence electrons. The average Bonchev–Trinajstić information content (AvgIpc) is 2.82. The van der Waals surface area contributed by atoms with Crippen LogP contribution in [0.2, 0.25) is 0 Å². The predicted octanol–water partition coefficient (Wildman–Crippen LogP) is 4.13. The van der Waals surface area contributed by atoms with Crippen molar-refractivity contribution < 1.29 is 8.78 Å². The summed E-state index contributed by atoms with van der Waals surface area (Å²) >= 11 is 1.33. The summed E-state index contributed by atoms with van der Waals surface area (Å²) in [4.78, 5) is 4.18. The van der Waals surface area contributed by atoms with Crippen LogP contribution in [-0.4, -0.2) is 4.98 Å². The lowest BCUT2D eigenvalue weighted by atomic mass is 10.1. The molecule has 0 radical (unpaired) electrons. The Bertz CT molecular complexity index is 780. The van der Waals surface area contributed by atoms with E-state index in [0.29, 0.717) is 15.4 Å². The van der Waals surface area contributed by atoms with Gasteiger partial charge >= 0.3 is 0 Å². The van der Waals surface area contributed by atoms with E-state index in [1.165, 1.54) is 11.3 Å². The van der Waals surface area contributed by atoms with Crippen LogP contribution in [-0.2, 0) is 0 Å². The van der Waals surface area contributed by atoms with Gasteiger partial charge in [0.05, 0.1) is 4.70 Å². The number of halogens is 2. The van der Waals surface area contributed by atoms with E-state index in [1.54, 1.807) is 12.1 Å². The Morgan fingerprint density at radius 1 is 1.16 bits per heavy atom. The fourth-order valence-electron chi connectivity index (χ4n) is 1.87. The van der Waals surface area contributed by atoms with Crippen LogP contribution in [0.3, 0.4) is 0 Å². The van der Waals surface area contributed by atoms with E-state index in [1.807, 2.05) is 19.1 Å². The number of nitrogens with zero attached hydrogens (tertiary/aromatic N) is 1. The summed E-state index contributed by atoms with van der Waals surface area (Å²) in [5.74, 6) is -1.77. The first kappa shape index (κ1) is 12.0. The number of thiazole rings is 1. The summed E-state index contributed by atoms with van der Waals surface area (Å²) in [6.45, 7) is 1.90. The minimum absolute atomic E-state index is 0.0782. The van der Waals surface area contributed by atoms with E-state index in [4.69, 9.17) is 5.73 Å². The topological polar surface area (TPSA) is 38.9 Å². The molecule has 0 aliphatic rings. The number of hydrogen-bond donors (Lipinski definition) is 1. The largest absolute Gasteiger partial charge is 0.399 e. The number of rotatable bonds is 1. The lowest BCUT2D eigenvalue weighted by Gasteiger charge is -2.01. The minimum Gasteiger partial charge on any atom is -0.399 e. The second-order valence-corrected chi connectivity index (χ2v) is 5.33. The van der Waals surface area contributed by atoms with Crippen molar-refractivity contribution in [1.29, 1.82) is 0 Å². The maximum absolute atomic E-state index is 13.6. The van der Waals surface area contributed by atoms with Gasteiger partial charge in [-0.1, -0.05) is 0 Å². The summed E-state index contributed by atoms with van der Waals surface area (Å²) < 4.78 is 27.4. The summed E-state index contributed by atoms with van der Waals surface area (Å²) in [6.07, 6.45) is 0. The van der Waals surface area contributed by atoms with Gasteiger partial charge in [0.1, 0.15) is 10.5 Å². The van der Waals surface area contributed by atoms with Gasteiger partial charge in [0.15, 0.2) is 11.6 Å². The van der Waals surface area contributed by atoms with Gasteiger partial charge < -0.3 is 5.73 Å². The van der Waals surface area contributed by atoms with Crippen LogP contribution in [0.4, 0.5) is 14.5 Å². The SMILES string of the molecule is Cc1cc(-c2nc3c(F)c(F)ccc3s2)ccc1N. The van der Waals surface area contributed by atoms with E-state index < -0.39 is 11.6 Å². The molecule has 5 heteroatoms. The molecule has 0 unspecified atom stereocenters. The average molecular weight is 276 g/mol. The molecule has 0 saturated carbocycles. The molecule has 2 aromatic carbocycles. The summed E-state index contributed by atoms with van der Waals surface area (Å²) in [7, 11) is 0. The second kappa shape index (κ2) is 4.28. The molecular formula is C14H10F2N2S. The lowest BCUT2D eigenvalue weighted by Crippen LogP contribution is -1.89. The van der Waals surface area contributed by atoms with Crippen LogP contribution in [0.1, 0.15) is 5.56 Å². The normalized spacial score (nSPS) is 11.1. The quantitative estimate of drug-likeness (QED) is 0.679. The van der Waals surface area contributed by atoms with Crippen molar-refractivity contribution in [2.24, 2.45) is 0 Å². The maximum atomic E-state index is 13.6. The molecule has 0 atom stereocenters. The lowest BCUT2D eigenvalue weighted by molar-refractivity contribution is 0.516. The molecule has 0 spiro atoms. The number of benzene rings is 2. The highest BCUT2D eigenvalue weighted by Gasteiger charge is 2.13. The summed E-state index contributed by atoms with van der Waals surface area (Å²) in [6, 6.07) is 8.16. The van der Waals surface area contributed by atoms with E-state index in [2.05, 4.69) is 4.98 Å². The number of hydrogen-bond acceptors (Lipinski definition) is 3. The van der Waals surface area contributed by atoms with Crippen LogP contribution in [0.5, 0.6) is 0 Å². The van der Waals surface area contributed by atoms with Crippen LogP contribution >= 0.6 is 11.3 Å². The Kier molecular flexibility index (Phi) is 2.71. The van der Waals surface area contributed by atoms with Gasteiger partial charge in [-0.05, 0) is 42.8 Å². The van der Waals surface area contributed by atoms with Gasteiger partial charge in [-0.15, -0.1) is 11.3 Å². The third kappa shape index (κ3) is 1.96. The monoisotopic (exact) mass is 276 g/mol. The summed E-state index contributed by atoms with van der Waals surface area (Å²) in [5, 5.41) is 0.655. The number of nitrogens with two attached hydrogens (primary N) is 1. The van der Waals surface area contributed by atoms with Gasteiger partial charge in [0.2, 0.25) is 0 Å². The minimum atomic E-state index is -0.896. The molecule has 3 rings (SSSR count). The molecule has 0 saturated heterocycles. The first-order valence-corrected chi connectivity index (χ1v) is 6.49. The smallest absolute Gasteiger partial charge is 0.185 e. The summed E-state index contributed by atoms with van der Waals surface area (Å²) in [5.41, 5.74) is 8.32. The number of aromatic nitrogens is 1. The maximum Gasteiger partial charge on any atom is 0.185 e. The van der Waals surface area contributed by atoms with E-state index >= 15 is 0 Å². The molecule has 0 amide bonds. The Labute approximate surface area is 112 Å². The van der Waals surface area contributed by atoms with Crippen molar-refractivity contribution in [1.82, 2.24) is 4.98 Å². The molecule has 0 fully saturated rings. The van der Waals surface area contributed by atoms with Crippen molar-refractivity contribution in [3.05, 3.63) is 47.5 Å². The molecule has 3 aromatic rings. The number of fused-ring (bicyclic) bond motifs is 1. The van der Waals surface area contributed by atoms with Crippen molar-refractivity contribution in [3.63, 3.8) is 0 Å². The van der Waals surface area contributed by atoms with Gasteiger partial charge in [0, 0.05) is 11.3 Å². The molecule has 19 heavy (non-hydrogen) atoms. The van der Waals surface area contributed by atoms with Gasteiger partial charge in [-0.25, -0.2) is 13.8 Å². The van der Waals surface area contributed by atoms with Crippen molar-refractivity contribution in [2.45, 2.75) is 6.92 Å². The molecule has 0 aliphatic heterocycles. The Hall–Kier alpha value is -2.01. The van der Waals surface area contributed by atoms with E-state index in [0.717, 1.165) is 17.2 Å². The van der Waals surface area contributed by atoms with Crippen LogP contribution in [0.25, 0.3) is 20.8 Å². The number of nitrogen functional groups attached to an aromatic ring is 1. The second-order valence-electron chi connectivity index (χ2n) is 4.30. The molecule has 2 nitrogen and oxygen atoms in total. The zero-order chi connectivity index (χ0) is 13.6. The standard InChI is InChI=1S/C14H10F2N2S/c1-7-6-8(2-4-10(7)17)14-18-13-11(19-14)5-3-9(15)12(13)16/h2-6H,17H2,1H3. The van der Waals surface area contributed by atoms with Crippen molar-refractivity contribution in [2.75, 3.05) is 5.73 Å². The highest BCUT2D eigenvalue weighted by Crippen LogP contribution is 2.33. The zero-order valence-corrected chi connectivity index (χ0v) is 10.9. The Balaban J connectivity index is 2.20. The fourth-order valence-corrected chi connectivity index (χ4v) is 2.83. The van der Waals surface area contributed by atoms with Gasteiger partial charge in [-0.3, -0.25) is 0 Å². The van der Waals surface area contributed by atoms with E-state index in [-0.39, 0.29) is 5.52 Å². The third-order valence-corrected chi connectivity index (χ3v) is 4.04. The number of aryl methyl sites for hydroxylation is 1. The zero-order valence-electron chi connectivity index (χ0n) is 10.1. The fraction of sp³-hybridized carbons (Fsp3) is 0.0714. The first-order chi connectivity index (χ1) is 9.06. The Morgan fingerprint density at radius 3 is 2.68 bits per heavy atom. The van der Waals surface area contributed by atoms with Crippen LogP contribution in [0, 0.1) is 18.6 Å². The van der Waals surface area contributed by atoms with Gasteiger partial charge in [-0.2, -0.15) is 0 Å². The molecular weight excluding hydrogens is 266 g/mol. The number of anilines is 1. The Morgan fingerprint density at radius 2 is 1.95 bits per heavy atom. The molecule has 2 N–H and O–H groups in total. The first-order valence-electron chi connectivity index (χ1n) is 5.67. The predicted molar refractivity (Wildman–Crippen MR) is 74.1 cm³/mol. The van der Waals surface area contributed by atoms with E-state index in [9.17, 15) is 8.78 Å². The highest BCUT2D eigenvalue weighted by molar-refractivity contribution is 7.21. The third-order valence-electron chi connectivity index (χ3n) is 2.97. The molecule has 0 bridgehead atoms. The van der Waals surface area contributed by atoms with Crippen molar-refractivity contribution in [3.8, 4) is 10.6 Å². The van der Waals surface area contributed by atoms with Gasteiger partial charge in [0.25, 0.3) is 0 Å². The molecule has 1 heterocycles. The molecule has 1 aromatic heterocycles.